The minimum absolute atomic E-state index is 0.840. The maximum absolute atomic E-state index is 12.4. The highest BCUT2D eigenvalue weighted by Crippen LogP contribution is 2.02. The van der Waals surface area contributed by atoms with Gasteiger partial charge in [0.05, 0.1) is 31.4 Å². The molecule has 0 aliphatic carbocycles. The zero-order valence-electron chi connectivity index (χ0n) is 16.7. The smallest absolute Gasteiger partial charge is 0.328 e. The summed E-state index contributed by atoms with van der Waals surface area (Å²) in [5, 5.41) is 50.5. The van der Waals surface area contributed by atoms with Gasteiger partial charge in [0.1, 0.15) is 12.1 Å². The van der Waals surface area contributed by atoms with Gasteiger partial charge in [-0.1, -0.05) is 0 Å². The van der Waals surface area contributed by atoms with Crippen LogP contribution in [0.15, 0.2) is 0 Å². The zero-order chi connectivity index (χ0) is 25.2. The van der Waals surface area contributed by atoms with Gasteiger partial charge in [0.2, 0.25) is 17.7 Å². The first-order valence-electron chi connectivity index (χ1n) is 8.88. The lowest BCUT2D eigenvalue weighted by Gasteiger charge is -2.24. The molecule has 0 aromatic rings. The number of carbonyl (C=O) groups is 7. The lowest BCUT2D eigenvalue weighted by molar-refractivity contribution is -0.146. The number of aliphatic hydroxyl groups excluding tert-OH is 1. The number of aliphatic carboxylic acids is 4. The van der Waals surface area contributed by atoms with Crippen LogP contribution in [-0.4, -0.2) is 97.4 Å². The second kappa shape index (κ2) is 12.8. The van der Waals surface area contributed by atoms with E-state index < -0.39 is 91.1 Å². The molecule has 10 N–H and O–H groups in total. The Labute approximate surface area is 179 Å². The lowest BCUT2D eigenvalue weighted by Crippen LogP contribution is -2.59. The topological polar surface area (TPSA) is 283 Å². The van der Waals surface area contributed by atoms with Gasteiger partial charge in [-0.3, -0.25) is 28.8 Å². The number of carboxylic acid groups (broad SMARTS) is 4. The van der Waals surface area contributed by atoms with E-state index in [1.807, 2.05) is 16.0 Å². The van der Waals surface area contributed by atoms with E-state index in [1.165, 1.54) is 0 Å². The summed E-state index contributed by atoms with van der Waals surface area (Å²) in [5.41, 5.74) is 5.33. The SMILES string of the molecule is CC(O)C(NC(=O)C(CC(=O)O)NC(=O)C(CC(=O)O)NC(=O)C(N)CC(=O)O)C(=O)O. The van der Waals surface area contributed by atoms with Crippen molar-refractivity contribution in [2.24, 2.45) is 5.73 Å². The lowest BCUT2D eigenvalue weighted by atomic mass is 10.1. The second-order valence-electron chi connectivity index (χ2n) is 6.59. The summed E-state index contributed by atoms with van der Waals surface area (Å²) in [6.07, 6.45) is -4.53. The Bertz CT molecular complexity index is 768. The van der Waals surface area contributed by atoms with E-state index in [4.69, 9.17) is 26.2 Å². The monoisotopic (exact) mass is 464 g/mol. The Hall–Kier alpha value is -3.79. The fraction of sp³-hybridized carbons (Fsp3) is 0.562. The van der Waals surface area contributed by atoms with Gasteiger partial charge in [-0.25, -0.2) is 4.79 Å². The van der Waals surface area contributed by atoms with Crippen LogP contribution in [0.4, 0.5) is 0 Å². The highest BCUT2D eigenvalue weighted by molar-refractivity contribution is 5.97. The summed E-state index contributed by atoms with van der Waals surface area (Å²) in [6.45, 7) is 1.03. The number of rotatable bonds is 14. The van der Waals surface area contributed by atoms with Gasteiger partial charge in [0, 0.05) is 0 Å². The third-order valence-corrected chi connectivity index (χ3v) is 3.80. The van der Waals surface area contributed by atoms with E-state index in [0.717, 1.165) is 6.92 Å². The van der Waals surface area contributed by atoms with Crippen molar-refractivity contribution in [3.8, 4) is 0 Å². The molecule has 0 saturated heterocycles. The quantitative estimate of drug-likeness (QED) is 0.118. The molecule has 3 amide bonds. The second-order valence-corrected chi connectivity index (χ2v) is 6.59. The summed E-state index contributed by atoms with van der Waals surface area (Å²) >= 11 is 0. The molecular weight excluding hydrogens is 440 g/mol. The summed E-state index contributed by atoms with van der Waals surface area (Å²) in [5.74, 6) is -10.2. The van der Waals surface area contributed by atoms with Gasteiger partial charge in [-0.15, -0.1) is 0 Å². The predicted octanol–water partition coefficient (Wildman–Crippen LogP) is -4.34. The van der Waals surface area contributed by atoms with Crippen molar-refractivity contribution in [1.29, 1.82) is 0 Å². The van der Waals surface area contributed by atoms with Crippen LogP contribution in [0, 0.1) is 0 Å². The molecule has 0 saturated carbocycles. The minimum atomic E-state index is -1.92. The Morgan fingerprint density at radius 2 is 1.06 bits per heavy atom. The molecule has 0 radical (unpaired) electrons. The van der Waals surface area contributed by atoms with Crippen molar-refractivity contribution >= 4 is 41.6 Å². The molecule has 0 aliphatic rings. The minimum Gasteiger partial charge on any atom is -0.481 e. The largest absolute Gasteiger partial charge is 0.481 e. The normalized spacial score (nSPS) is 15.2. The molecule has 32 heavy (non-hydrogen) atoms. The van der Waals surface area contributed by atoms with E-state index in [9.17, 15) is 38.7 Å². The fourth-order valence-corrected chi connectivity index (χ4v) is 2.24. The van der Waals surface area contributed by atoms with Gasteiger partial charge in [0.15, 0.2) is 6.04 Å². The highest BCUT2D eigenvalue weighted by Gasteiger charge is 2.33. The number of nitrogens with two attached hydrogens (primary N) is 1. The van der Waals surface area contributed by atoms with Crippen LogP contribution in [0.5, 0.6) is 0 Å². The molecule has 16 nitrogen and oxygen atoms in total. The van der Waals surface area contributed by atoms with Crippen LogP contribution in [0.3, 0.4) is 0 Å². The number of aliphatic hydroxyl groups is 1. The number of nitrogens with one attached hydrogen (secondary N) is 3. The van der Waals surface area contributed by atoms with Gasteiger partial charge in [-0.2, -0.15) is 0 Å². The molecule has 180 valence electrons. The third-order valence-electron chi connectivity index (χ3n) is 3.80. The van der Waals surface area contributed by atoms with Gasteiger partial charge in [-0.05, 0) is 6.92 Å². The van der Waals surface area contributed by atoms with Crippen LogP contribution >= 0.6 is 0 Å². The molecule has 0 fully saturated rings. The molecule has 0 rings (SSSR count). The third kappa shape index (κ3) is 10.3. The molecular formula is C16H24N4O12. The van der Waals surface area contributed by atoms with Crippen LogP contribution < -0.4 is 21.7 Å². The molecule has 0 bridgehead atoms. The number of carboxylic acids is 4. The van der Waals surface area contributed by atoms with Crippen molar-refractivity contribution in [1.82, 2.24) is 16.0 Å². The first-order valence-corrected chi connectivity index (χ1v) is 8.88. The van der Waals surface area contributed by atoms with Crippen LogP contribution in [0.2, 0.25) is 0 Å². The van der Waals surface area contributed by atoms with Gasteiger partial charge >= 0.3 is 23.9 Å². The van der Waals surface area contributed by atoms with E-state index in [1.54, 1.807) is 0 Å². The fourth-order valence-electron chi connectivity index (χ4n) is 2.24. The van der Waals surface area contributed by atoms with Crippen LogP contribution in [0.1, 0.15) is 26.2 Å². The van der Waals surface area contributed by atoms with E-state index in [2.05, 4.69) is 0 Å². The Morgan fingerprint density at radius 1 is 0.688 bits per heavy atom. The van der Waals surface area contributed by atoms with Crippen LogP contribution in [-0.2, 0) is 33.6 Å². The average molecular weight is 464 g/mol. The van der Waals surface area contributed by atoms with Gasteiger partial charge in [0.25, 0.3) is 0 Å². The summed E-state index contributed by atoms with van der Waals surface area (Å²) in [4.78, 5) is 80.4. The molecule has 5 unspecified atom stereocenters. The Balaban J connectivity index is 5.56. The van der Waals surface area contributed by atoms with Crippen LogP contribution in [0.25, 0.3) is 0 Å². The predicted molar refractivity (Wildman–Crippen MR) is 99.8 cm³/mol. The molecule has 0 aromatic heterocycles. The van der Waals surface area contributed by atoms with E-state index in [0.29, 0.717) is 0 Å². The zero-order valence-corrected chi connectivity index (χ0v) is 16.7. The van der Waals surface area contributed by atoms with E-state index in [-0.39, 0.29) is 0 Å². The number of carbonyl (C=O) groups excluding carboxylic acids is 3. The highest BCUT2D eigenvalue weighted by atomic mass is 16.4. The number of hydrogen-bond donors (Lipinski definition) is 9. The van der Waals surface area contributed by atoms with Crippen molar-refractivity contribution in [3.05, 3.63) is 0 Å². The molecule has 5 atom stereocenters. The molecule has 0 spiro atoms. The Morgan fingerprint density at radius 3 is 1.41 bits per heavy atom. The van der Waals surface area contributed by atoms with E-state index >= 15 is 0 Å². The molecule has 0 aromatic carbocycles. The summed E-state index contributed by atoms with van der Waals surface area (Å²) in [7, 11) is 0. The van der Waals surface area contributed by atoms with Crippen molar-refractivity contribution in [2.45, 2.75) is 56.5 Å². The maximum atomic E-state index is 12.4. The maximum Gasteiger partial charge on any atom is 0.328 e. The first kappa shape index (κ1) is 28.2. The Kier molecular flexibility index (Phi) is 11.3. The number of amides is 3. The summed E-state index contributed by atoms with van der Waals surface area (Å²) in [6, 6.07) is -7.28. The number of hydrogen-bond acceptors (Lipinski definition) is 9. The average Bonchev–Trinajstić information content (AvgIpc) is 2.62. The molecule has 16 heteroatoms. The first-order chi connectivity index (χ1) is 14.6. The summed E-state index contributed by atoms with van der Waals surface area (Å²) < 4.78 is 0. The van der Waals surface area contributed by atoms with Crippen molar-refractivity contribution in [3.63, 3.8) is 0 Å². The van der Waals surface area contributed by atoms with Gasteiger partial charge < -0.3 is 47.2 Å². The molecule has 0 aliphatic heterocycles. The van der Waals surface area contributed by atoms with Crippen molar-refractivity contribution < 1.29 is 59.1 Å². The standard InChI is InChI=1S/C16H24N4O12/c1-5(21)12(16(31)32)20-15(30)8(4-11(26)27)19-14(29)7(3-10(24)25)18-13(28)6(17)2-9(22)23/h5-8,12,21H,2-4,17H2,1H3,(H,18,28)(H,19,29)(H,20,30)(H,22,23)(H,24,25)(H,26,27)(H,31,32). The molecule has 0 heterocycles. The van der Waals surface area contributed by atoms with Crippen molar-refractivity contribution in [2.75, 3.05) is 0 Å².